The first-order valence-electron chi connectivity index (χ1n) is 5.97. The van der Waals surface area contributed by atoms with Gasteiger partial charge < -0.3 is 5.32 Å². The van der Waals surface area contributed by atoms with Crippen molar-refractivity contribution >= 4 is 33.9 Å². The molecule has 1 aliphatic carbocycles. The Balaban J connectivity index is 2.19. The summed E-state index contributed by atoms with van der Waals surface area (Å²) in [5.74, 6) is 0. The van der Waals surface area contributed by atoms with E-state index in [2.05, 4.69) is 52.4 Å². The molecule has 0 bridgehead atoms. The van der Waals surface area contributed by atoms with Crippen LogP contribution in [0.5, 0.6) is 0 Å². The molecule has 1 unspecified atom stereocenters. The summed E-state index contributed by atoms with van der Waals surface area (Å²) in [6, 6.07) is 2.78. The molecule has 0 aromatic carbocycles. The summed E-state index contributed by atoms with van der Waals surface area (Å²) in [4.78, 5) is 0. The highest BCUT2D eigenvalue weighted by molar-refractivity contribution is 14.1. The smallest absolute Gasteiger partial charge is 0.0656 e. The molecule has 0 aliphatic heterocycles. The van der Waals surface area contributed by atoms with E-state index in [1.54, 1.807) is 5.57 Å². The van der Waals surface area contributed by atoms with Crippen LogP contribution in [-0.2, 0) is 0 Å². The van der Waals surface area contributed by atoms with Crippen LogP contribution >= 0.6 is 33.9 Å². The summed E-state index contributed by atoms with van der Waals surface area (Å²) in [6.45, 7) is 3.22. The van der Waals surface area contributed by atoms with Crippen molar-refractivity contribution in [1.82, 2.24) is 5.32 Å². The minimum Gasteiger partial charge on any atom is -0.307 e. The van der Waals surface area contributed by atoms with Gasteiger partial charge in [-0.15, -0.1) is 11.3 Å². The molecular weight excluding hydrogens is 329 g/mol. The van der Waals surface area contributed by atoms with Crippen molar-refractivity contribution in [2.24, 2.45) is 0 Å². The standard InChI is InChI=1S/C13H18INS/c1-2-15-13(10-6-4-3-5-7-10)11-8-12(14)16-9-11/h6,8-9,13,15H,2-5,7H2,1H3. The predicted molar refractivity (Wildman–Crippen MR) is 80.0 cm³/mol. The summed E-state index contributed by atoms with van der Waals surface area (Å²) in [5, 5.41) is 5.91. The van der Waals surface area contributed by atoms with E-state index in [1.807, 2.05) is 11.3 Å². The van der Waals surface area contributed by atoms with Crippen LogP contribution in [0.4, 0.5) is 0 Å². The van der Waals surface area contributed by atoms with Gasteiger partial charge in [-0.1, -0.05) is 18.6 Å². The third kappa shape index (κ3) is 3.08. The Morgan fingerprint density at radius 3 is 2.94 bits per heavy atom. The number of rotatable bonds is 4. The lowest BCUT2D eigenvalue weighted by atomic mass is 9.91. The van der Waals surface area contributed by atoms with Crippen molar-refractivity contribution in [3.05, 3.63) is 31.5 Å². The highest BCUT2D eigenvalue weighted by Crippen LogP contribution is 2.32. The lowest BCUT2D eigenvalue weighted by Gasteiger charge is -2.23. The molecule has 1 aromatic heterocycles. The van der Waals surface area contributed by atoms with Crippen molar-refractivity contribution in [1.29, 1.82) is 0 Å². The van der Waals surface area contributed by atoms with Crippen LogP contribution in [0.1, 0.15) is 44.2 Å². The Bertz CT molecular complexity index is 370. The Kier molecular flexibility index (Phi) is 4.85. The van der Waals surface area contributed by atoms with Crippen LogP contribution in [0.3, 0.4) is 0 Å². The summed E-state index contributed by atoms with van der Waals surface area (Å²) in [5.41, 5.74) is 3.05. The van der Waals surface area contributed by atoms with E-state index in [1.165, 1.54) is 34.1 Å². The van der Waals surface area contributed by atoms with Gasteiger partial charge in [-0.3, -0.25) is 0 Å². The first-order valence-corrected chi connectivity index (χ1v) is 7.93. The zero-order valence-corrected chi connectivity index (χ0v) is 12.6. The average molecular weight is 347 g/mol. The van der Waals surface area contributed by atoms with Crippen molar-refractivity contribution in [2.75, 3.05) is 6.54 Å². The van der Waals surface area contributed by atoms with Gasteiger partial charge in [0.15, 0.2) is 0 Å². The van der Waals surface area contributed by atoms with E-state index in [0.29, 0.717) is 6.04 Å². The van der Waals surface area contributed by atoms with Gasteiger partial charge in [-0.2, -0.15) is 0 Å². The van der Waals surface area contributed by atoms with E-state index >= 15 is 0 Å². The maximum atomic E-state index is 3.62. The van der Waals surface area contributed by atoms with Crippen molar-refractivity contribution in [3.8, 4) is 0 Å². The summed E-state index contributed by atoms with van der Waals surface area (Å²) in [7, 11) is 0. The molecular formula is C13H18INS. The number of hydrogen-bond donors (Lipinski definition) is 1. The third-order valence-corrected chi connectivity index (χ3v) is 4.83. The fourth-order valence-corrected chi connectivity index (χ4v) is 3.66. The number of thiophene rings is 1. The molecule has 1 aromatic rings. The molecule has 0 amide bonds. The van der Waals surface area contributed by atoms with Gasteiger partial charge >= 0.3 is 0 Å². The zero-order chi connectivity index (χ0) is 11.4. The van der Waals surface area contributed by atoms with Crippen molar-refractivity contribution in [3.63, 3.8) is 0 Å². The maximum Gasteiger partial charge on any atom is 0.0656 e. The van der Waals surface area contributed by atoms with Gasteiger partial charge in [0, 0.05) is 0 Å². The minimum atomic E-state index is 0.463. The maximum absolute atomic E-state index is 3.62. The van der Waals surface area contributed by atoms with E-state index in [9.17, 15) is 0 Å². The van der Waals surface area contributed by atoms with Crippen molar-refractivity contribution in [2.45, 2.75) is 38.6 Å². The Morgan fingerprint density at radius 2 is 2.38 bits per heavy atom. The van der Waals surface area contributed by atoms with Gasteiger partial charge in [-0.25, -0.2) is 0 Å². The molecule has 1 nitrogen and oxygen atoms in total. The van der Waals surface area contributed by atoms with Gasteiger partial charge in [0.2, 0.25) is 0 Å². The predicted octanol–water partition coefficient (Wildman–Crippen LogP) is 4.50. The number of hydrogen-bond acceptors (Lipinski definition) is 2. The van der Waals surface area contributed by atoms with Crippen LogP contribution in [0.25, 0.3) is 0 Å². The monoisotopic (exact) mass is 347 g/mol. The second kappa shape index (κ2) is 6.17. The SMILES string of the molecule is CCNC(C1=CCCCC1)c1csc(I)c1. The average Bonchev–Trinajstić information content (AvgIpc) is 2.74. The molecule has 3 heteroatoms. The summed E-state index contributed by atoms with van der Waals surface area (Å²) in [6.07, 6.45) is 7.70. The van der Waals surface area contributed by atoms with Gasteiger partial charge in [0.25, 0.3) is 0 Å². The van der Waals surface area contributed by atoms with Crippen molar-refractivity contribution < 1.29 is 0 Å². The molecule has 0 radical (unpaired) electrons. The van der Waals surface area contributed by atoms with Gasteiger partial charge in [-0.05, 0) is 71.8 Å². The van der Waals surface area contributed by atoms with E-state index in [-0.39, 0.29) is 0 Å². The highest BCUT2D eigenvalue weighted by Gasteiger charge is 2.18. The molecule has 0 saturated carbocycles. The lowest BCUT2D eigenvalue weighted by Crippen LogP contribution is -2.23. The third-order valence-electron chi connectivity index (χ3n) is 3.03. The second-order valence-corrected chi connectivity index (χ2v) is 7.01. The molecule has 2 rings (SSSR count). The fourth-order valence-electron chi connectivity index (χ4n) is 2.27. The normalized spacial score (nSPS) is 18.2. The Hall–Kier alpha value is 0.130. The lowest BCUT2D eigenvalue weighted by molar-refractivity contribution is 0.565. The van der Waals surface area contributed by atoms with E-state index in [0.717, 1.165) is 6.54 Å². The van der Waals surface area contributed by atoms with Crippen LogP contribution in [0.2, 0.25) is 0 Å². The number of nitrogens with one attached hydrogen (secondary N) is 1. The Labute approximate surface area is 115 Å². The van der Waals surface area contributed by atoms with Crippen LogP contribution in [0.15, 0.2) is 23.1 Å². The Morgan fingerprint density at radius 1 is 1.50 bits per heavy atom. The first kappa shape index (κ1) is 12.6. The molecule has 1 aliphatic rings. The van der Waals surface area contributed by atoms with Gasteiger partial charge in [0.1, 0.15) is 0 Å². The van der Waals surface area contributed by atoms with Crippen LogP contribution in [-0.4, -0.2) is 6.54 Å². The quantitative estimate of drug-likeness (QED) is 0.625. The zero-order valence-electron chi connectivity index (χ0n) is 9.63. The summed E-state index contributed by atoms with van der Waals surface area (Å²) < 4.78 is 1.38. The van der Waals surface area contributed by atoms with E-state index in [4.69, 9.17) is 0 Å². The molecule has 88 valence electrons. The molecule has 16 heavy (non-hydrogen) atoms. The van der Waals surface area contributed by atoms with Crippen LogP contribution in [0, 0.1) is 2.88 Å². The van der Waals surface area contributed by atoms with E-state index < -0.39 is 0 Å². The number of halogens is 1. The number of allylic oxidation sites excluding steroid dienone is 1. The molecule has 1 N–H and O–H groups in total. The minimum absolute atomic E-state index is 0.463. The summed E-state index contributed by atoms with van der Waals surface area (Å²) >= 11 is 4.25. The largest absolute Gasteiger partial charge is 0.307 e. The van der Waals surface area contributed by atoms with Crippen LogP contribution < -0.4 is 5.32 Å². The number of likely N-dealkylation sites (N-methyl/N-ethyl adjacent to an activating group) is 1. The molecule has 1 heterocycles. The molecule has 0 fully saturated rings. The topological polar surface area (TPSA) is 12.0 Å². The molecule has 1 atom stereocenters. The second-order valence-electron chi connectivity index (χ2n) is 4.20. The van der Waals surface area contributed by atoms with Gasteiger partial charge in [0.05, 0.1) is 8.93 Å². The molecule has 0 saturated heterocycles. The first-order chi connectivity index (χ1) is 7.81. The fraction of sp³-hybridized carbons (Fsp3) is 0.538. The molecule has 0 spiro atoms. The highest BCUT2D eigenvalue weighted by atomic mass is 127.